The monoisotopic (exact) mass is 244 g/mol. The molecule has 0 radical (unpaired) electrons. The summed E-state index contributed by atoms with van der Waals surface area (Å²) < 4.78 is 5.65. The van der Waals surface area contributed by atoms with Crippen LogP contribution in [-0.2, 0) is 6.42 Å². The number of aryl methyl sites for hydroxylation is 1. The molecular formula is C15H16OS. The maximum Gasteiger partial charge on any atom is 0.123 e. The first-order valence-electron chi connectivity index (χ1n) is 5.66. The van der Waals surface area contributed by atoms with E-state index < -0.39 is 0 Å². The lowest BCUT2D eigenvalue weighted by Gasteiger charge is -2.08. The SMILES string of the molecule is C=CCOc1ccccc1Cc1ccc(C)s1. The summed E-state index contributed by atoms with van der Waals surface area (Å²) in [6.07, 6.45) is 2.71. The van der Waals surface area contributed by atoms with E-state index in [0.29, 0.717) is 6.61 Å². The first-order chi connectivity index (χ1) is 8.29. The number of hydrogen-bond donors (Lipinski definition) is 0. The van der Waals surface area contributed by atoms with Gasteiger partial charge in [0.05, 0.1) is 0 Å². The second kappa shape index (κ2) is 5.69. The fourth-order valence-electron chi connectivity index (χ4n) is 1.71. The quantitative estimate of drug-likeness (QED) is 0.716. The number of thiophene rings is 1. The van der Waals surface area contributed by atoms with Crippen LogP contribution >= 0.6 is 11.3 Å². The van der Waals surface area contributed by atoms with Crippen molar-refractivity contribution < 1.29 is 4.74 Å². The minimum absolute atomic E-state index is 0.556. The summed E-state index contributed by atoms with van der Waals surface area (Å²) in [6.45, 7) is 6.36. The Kier molecular flexibility index (Phi) is 3.99. The zero-order valence-corrected chi connectivity index (χ0v) is 10.8. The van der Waals surface area contributed by atoms with Crippen molar-refractivity contribution in [3.63, 3.8) is 0 Å². The van der Waals surface area contributed by atoms with Crippen LogP contribution in [0.25, 0.3) is 0 Å². The van der Waals surface area contributed by atoms with E-state index in [2.05, 4.69) is 37.8 Å². The van der Waals surface area contributed by atoms with Gasteiger partial charge in [-0.15, -0.1) is 11.3 Å². The summed E-state index contributed by atoms with van der Waals surface area (Å²) in [7, 11) is 0. The van der Waals surface area contributed by atoms with Gasteiger partial charge in [0.15, 0.2) is 0 Å². The number of benzene rings is 1. The lowest BCUT2D eigenvalue weighted by Crippen LogP contribution is -1.97. The highest BCUT2D eigenvalue weighted by atomic mass is 32.1. The Morgan fingerprint density at radius 3 is 2.76 bits per heavy atom. The van der Waals surface area contributed by atoms with Gasteiger partial charge in [0.2, 0.25) is 0 Å². The number of para-hydroxylation sites is 1. The lowest BCUT2D eigenvalue weighted by molar-refractivity contribution is 0.360. The third-order valence-corrected chi connectivity index (χ3v) is 3.49. The Bertz CT molecular complexity index is 499. The van der Waals surface area contributed by atoms with E-state index in [9.17, 15) is 0 Å². The molecule has 88 valence electrons. The Hall–Kier alpha value is -1.54. The van der Waals surface area contributed by atoms with Gasteiger partial charge >= 0.3 is 0 Å². The van der Waals surface area contributed by atoms with Crippen LogP contribution in [0.5, 0.6) is 5.75 Å². The normalized spacial score (nSPS) is 10.2. The van der Waals surface area contributed by atoms with Gasteiger partial charge in [0.25, 0.3) is 0 Å². The summed E-state index contributed by atoms with van der Waals surface area (Å²) in [5.41, 5.74) is 1.23. The van der Waals surface area contributed by atoms with Crippen LogP contribution < -0.4 is 4.74 Å². The average molecular weight is 244 g/mol. The third-order valence-electron chi connectivity index (χ3n) is 2.49. The molecule has 0 amide bonds. The Morgan fingerprint density at radius 1 is 1.24 bits per heavy atom. The van der Waals surface area contributed by atoms with Crippen LogP contribution in [-0.4, -0.2) is 6.61 Å². The van der Waals surface area contributed by atoms with Crippen molar-refractivity contribution in [3.05, 3.63) is 64.4 Å². The fraction of sp³-hybridized carbons (Fsp3) is 0.200. The van der Waals surface area contributed by atoms with Crippen LogP contribution in [0.2, 0.25) is 0 Å². The molecule has 2 heteroatoms. The molecular weight excluding hydrogens is 228 g/mol. The van der Waals surface area contributed by atoms with Crippen molar-refractivity contribution in [2.24, 2.45) is 0 Å². The lowest BCUT2D eigenvalue weighted by atomic mass is 10.1. The predicted molar refractivity (Wildman–Crippen MR) is 74.0 cm³/mol. The molecule has 0 N–H and O–H groups in total. The van der Waals surface area contributed by atoms with Gasteiger partial charge in [-0.1, -0.05) is 30.9 Å². The van der Waals surface area contributed by atoms with Crippen LogP contribution in [0.15, 0.2) is 49.1 Å². The summed E-state index contributed by atoms with van der Waals surface area (Å²) in [6, 6.07) is 12.5. The minimum Gasteiger partial charge on any atom is -0.489 e. The molecule has 1 aromatic carbocycles. The minimum atomic E-state index is 0.556. The van der Waals surface area contributed by atoms with Gasteiger partial charge in [-0.2, -0.15) is 0 Å². The van der Waals surface area contributed by atoms with Crippen LogP contribution in [0.3, 0.4) is 0 Å². The van der Waals surface area contributed by atoms with Crippen molar-refractivity contribution in [1.82, 2.24) is 0 Å². The van der Waals surface area contributed by atoms with Crippen molar-refractivity contribution in [3.8, 4) is 5.75 Å². The fourth-order valence-corrected chi connectivity index (χ4v) is 2.62. The van der Waals surface area contributed by atoms with E-state index in [-0.39, 0.29) is 0 Å². The first kappa shape index (κ1) is 11.9. The molecule has 0 aliphatic heterocycles. The molecule has 0 bridgehead atoms. The molecule has 17 heavy (non-hydrogen) atoms. The molecule has 2 aromatic rings. The number of hydrogen-bond acceptors (Lipinski definition) is 2. The Balaban J connectivity index is 2.16. The highest BCUT2D eigenvalue weighted by molar-refractivity contribution is 7.11. The maximum atomic E-state index is 5.65. The Morgan fingerprint density at radius 2 is 2.06 bits per heavy atom. The zero-order chi connectivity index (χ0) is 12.1. The first-order valence-corrected chi connectivity index (χ1v) is 6.48. The predicted octanol–water partition coefficient (Wildman–Crippen LogP) is 4.21. The highest BCUT2D eigenvalue weighted by Crippen LogP contribution is 2.25. The van der Waals surface area contributed by atoms with Gasteiger partial charge in [0.1, 0.15) is 12.4 Å². The van der Waals surface area contributed by atoms with E-state index in [1.54, 1.807) is 6.08 Å². The molecule has 0 fully saturated rings. The van der Waals surface area contributed by atoms with Gasteiger partial charge < -0.3 is 4.74 Å². The highest BCUT2D eigenvalue weighted by Gasteiger charge is 2.05. The molecule has 0 saturated carbocycles. The molecule has 2 rings (SSSR count). The second-order valence-electron chi connectivity index (χ2n) is 3.90. The Labute approximate surface area is 106 Å². The van der Waals surface area contributed by atoms with Crippen LogP contribution in [0.4, 0.5) is 0 Å². The van der Waals surface area contributed by atoms with Gasteiger partial charge in [0, 0.05) is 16.2 Å². The number of ether oxygens (including phenoxy) is 1. The largest absolute Gasteiger partial charge is 0.489 e. The van der Waals surface area contributed by atoms with Gasteiger partial charge in [-0.25, -0.2) is 0 Å². The molecule has 1 heterocycles. The standard InChI is InChI=1S/C15H16OS/c1-3-10-16-15-7-5-4-6-13(15)11-14-9-8-12(2)17-14/h3-9H,1,10-11H2,2H3. The molecule has 0 unspecified atom stereocenters. The molecule has 1 aromatic heterocycles. The van der Waals surface area contributed by atoms with Crippen molar-refractivity contribution in [2.45, 2.75) is 13.3 Å². The van der Waals surface area contributed by atoms with E-state index in [1.165, 1.54) is 15.3 Å². The smallest absolute Gasteiger partial charge is 0.123 e. The molecule has 0 aliphatic rings. The van der Waals surface area contributed by atoms with Crippen LogP contribution in [0.1, 0.15) is 15.3 Å². The van der Waals surface area contributed by atoms with E-state index >= 15 is 0 Å². The van der Waals surface area contributed by atoms with E-state index in [4.69, 9.17) is 4.74 Å². The third kappa shape index (κ3) is 3.21. The van der Waals surface area contributed by atoms with Crippen molar-refractivity contribution >= 4 is 11.3 Å². The van der Waals surface area contributed by atoms with E-state index in [0.717, 1.165) is 12.2 Å². The average Bonchev–Trinajstić information content (AvgIpc) is 2.74. The van der Waals surface area contributed by atoms with Crippen LogP contribution in [0, 0.1) is 6.92 Å². The summed E-state index contributed by atoms with van der Waals surface area (Å²) in [4.78, 5) is 2.72. The topological polar surface area (TPSA) is 9.23 Å². The molecule has 0 atom stereocenters. The molecule has 0 spiro atoms. The molecule has 1 nitrogen and oxygen atoms in total. The summed E-state index contributed by atoms with van der Waals surface area (Å²) in [5, 5.41) is 0. The number of rotatable bonds is 5. The molecule has 0 saturated heterocycles. The summed E-state index contributed by atoms with van der Waals surface area (Å²) >= 11 is 1.84. The molecule has 0 aliphatic carbocycles. The van der Waals surface area contributed by atoms with Crippen molar-refractivity contribution in [2.75, 3.05) is 6.61 Å². The zero-order valence-electron chi connectivity index (χ0n) is 9.98. The van der Waals surface area contributed by atoms with Gasteiger partial charge in [-0.05, 0) is 30.7 Å². The van der Waals surface area contributed by atoms with E-state index in [1.807, 2.05) is 23.5 Å². The second-order valence-corrected chi connectivity index (χ2v) is 5.27. The van der Waals surface area contributed by atoms with Crippen molar-refractivity contribution in [1.29, 1.82) is 0 Å². The summed E-state index contributed by atoms with van der Waals surface area (Å²) in [5.74, 6) is 0.957. The maximum absolute atomic E-state index is 5.65. The van der Waals surface area contributed by atoms with Gasteiger partial charge in [-0.3, -0.25) is 0 Å².